The number of piperidine rings is 1. The molecule has 5 nitrogen and oxygen atoms in total. The molecule has 2 rings (SSSR count). The summed E-state index contributed by atoms with van der Waals surface area (Å²) in [6, 6.07) is 7.01. The summed E-state index contributed by atoms with van der Waals surface area (Å²) in [6.45, 7) is 2.61. The van der Waals surface area contributed by atoms with Crippen molar-refractivity contribution >= 4 is 15.9 Å². The van der Waals surface area contributed by atoms with Gasteiger partial charge in [-0.3, -0.25) is 4.79 Å². The number of benzene rings is 1. The van der Waals surface area contributed by atoms with Gasteiger partial charge in [0.05, 0.1) is 4.90 Å². The maximum absolute atomic E-state index is 12.6. The first-order valence-electron chi connectivity index (χ1n) is 7.11. The van der Waals surface area contributed by atoms with E-state index in [2.05, 4.69) is 0 Å². The molecule has 1 saturated heterocycles. The molecule has 0 atom stereocenters. The molecule has 21 heavy (non-hydrogen) atoms. The summed E-state index contributed by atoms with van der Waals surface area (Å²) in [4.78, 5) is 13.9. The summed E-state index contributed by atoms with van der Waals surface area (Å²) in [7, 11) is 0.0161. The Bertz CT molecular complexity index is 618. The van der Waals surface area contributed by atoms with E-state index in [4.69, 9.17) is 0 Å². The van der Waals surface area contributed by atoms with Crippen molar-refractivity contribution in [1.82, 2.24) is 9.21 Å². The number of sulfonamides is 1. The molecule has 0 spiro atoms. The topological polar surface area (TPSA) is 57.7 Å². The van der Waals surface area contributed by atoms with Crippen molar-refractivity contribution in [2.24, 2.45) is 5.92 Å². The SMILES string of the molecule is Cc1ccccc1S(=O)(=O)N1CCC(C(=O)N(C)C)CC1. The van der Waals surface area contributed by atoms with Gasteiger partial charge in [-0.25, -0.2) is 8.42 Å². The van der Waals surface area contributed by atoms with Crippen molar-refractivity contribution in [3.8, 4) is 0 Å². The maximum atomic E-state index is 12.6. The molecule has 1 aliphatic rings. The van der Waals surface area contributed by atoms with Gasteiger partial charge in [0.25, 0.3) is 0 Å². The molecule has 0 unspecified atom stereocenters. The standard InChI is InChI=1S/C15H22N2O3S/c1-12-6-4-5-7-14(12)21(19,20)17-10-8-13(9-11-17)15(18)16(2)3/h4-7,13H,8-11H2,1-3H3. The third-order valence-electron chi connectivity index (χ3n) is 3.96. The third-order valence-corrected chi connectivity index (χ3v) is 6.01. The predicted octanol–water partition coefficient (Wildman–Crippen LogP) is 1.48. The Morgan fingerprint density at radius 1 is 1.19 bits per heavy atom. The Kier molecular flexibility index (Phi) is 4.68. The fourth-order valence-electron chi connectivity index (χ4n) is 2.69. The van der Waals surface area contributed by atoms with Crippen molar-refractivity contribution < 1.29 is 13.2 Å². The van der Waals surface area contributed by atoms with E-state index in [1.807, 2.05) is 6.07 Å². The Balaban J connectivity index is 2.12. The minimum atomic E-state index is -3.45. The number of hydrogen-bond acceptors (Lipinski definition) is 3. The van der Waals surface area contributed by atoms with Crippen LogP contribution in [-0.4, -0.2) is 50.7 Å². The maximum Gasteiger partial charge on any atom is 0.243 e. The van der Waals surface area contributed by atoms with E-state index in [0.717, 1.165) is 5.56 Å². The highest BCUT2D eigenvalue weighted by atomic mass is 32.2. The van der Waals surface area contributed by atoms with Gasteiger partial charge in [0.15, 0.2) is 0 Å². The van der Waals surface area contributed by atoms with E-state index in [0.29, 0.717) is 30.8 Å². The highest BCUT2D eigenvalue weighted by Gasteiger charge is 2.33. The van der Waals surface area contributed by atoms with E-state index < -0.39 is 10.0 Å². The van der Waals surface area contributed by atoms with Crippen LogP contribution in [0.1, 0.15) is 18.4 Å². The van der Waals surface area contributed by atoms with Crippen molar-refractivity contribution in [2.45, 2.75) is 24.7 Å². The smallest absolute Gasteiger partial charge is 0.243 e. The molecule has 0 aliphatic carbocycles. The Morgan fingerprint density at radius 2 is 1.76 bits per heavy atom. The van der Waals surface area contributed by atoms with E-state index in [-0.39, 0.29) is 11.8 Å². The summed E-state index contributed by atoms with van der Waals surface area (Å²) in [5.41, 5.74) is 0.754. The van der Waals surface area contributed by atoms with Crippen molar-refractivity contribution in [1.29, 1.82) is 0 Å². The molecule has 1 aromatic carbocycles. The lowest BCUT2D eigenvalue weighted by atomic mass is 9.97. The monoisotopic (exact) mass is 310 g/mol. The molecule has 0 aromatic heterocycles. The molecule has 1 aromatic rings. The third kappa shape index (κ3) is 3.27. The van der Waals surface area contributed by atoms with Crippen molar-refractivity contribution in [2.75, 3.05) is 27.2 Å². The van der Waals surface area contributed by atoms with Gasteiger partial charge in [-0.1, -0.05) is 18.2 Å². The number of aryl methyl sites for hydroxylation is 1. The minimum Gasteiger partial charge on any atom is -0.349 e. The summed E-state index contributed by atoms with van der Waals surface area (Å²) >= 11 is 0. The number of nitrogens with zero attached hydrogens (tertiary/aromatic N) is 2. The van der Waals surface area contributed by atoms with Crippen LogP contribution in [0.2, 0.25) is 0 Å². The van der Waals surface area contributed by atoms with E-state index in [1.165, 1.54) is 4.31 Å². The van der Waals surface area contributed by atoms with Gasteiger partial charge in [-0.05, 0) is 31.4 Å². The average Bonchev–Trinajstić information content (AvgIpc) is 2.46. The quantitative estimate of drug-likeness (QED) is 0.850. The summed E-state index contributed by atoms with van der Waals surface area (Å²) in [5, 5.41) is 0. The van der Waals surface area contributed by atoms with Crippen molar-refractivity contribution in [3.05, 3.63) is 29.8 Å². The van der Waals surface area contributed by atoms with Gasteiger partial charge >= 0.3 is 0 Å². The second kappa shape index (κ2) is 6.15. The van der Waals surface area contributed by atoms with Gasteiger partial charge in [0, 0.05) is 33.1 Å². The van der Waals surface area contributed by atoms with Gasteiger partial charge in [0.2, 0.25) is 15.9 Å². The Hall–Kier alpha value is -1.40. The van der Waals surface area contributed by atoms with Gasteiger partial charge < -0.3 is 4.90 Å². The lowest BCUT2D eigenvalue weighted by Gasteiger charge is -2.32. The van der Waals surface area contributed by atoms with Gasteiger partial charge in [-0.15, -0.1) is 0 Å². The van der Waals surface area contributed by atoms with Crippen LogP contribution in [0.5, 0.6) is 0 Å². The molecule has 1 fully saturated rings. The fourth-order valence-corrected chi connectivity index (χ4v) is 4.39. The highest BCUT2D eigenvalue weighted by molar-refractivity contribution is 7.89. The Morgan fingerprint density at radius 3 is 2.29 bits per heavy atom. The Labute approximate surface area is 126 Å². The molecule has 0 bridgehead atoms. The molecular formula is C15H22N2O3S. The van der Waals surface area contributed by atoms with Crippen LogP contribution in [0, 0.1) is 12.8 Å². The normalized spacial score (nSPS) is 17.7. The number of rotatable bonds is 3. The van der Waals surface area contributed by atoms with E-state index in [9.17, 15) is 13.2 Å². The zero-order valence-electron chi connectivity index (χ0n) is 12.7. The first-order chi connectivity index (χ1) is 9.84. The lowest BCUT2D eigenvalue weighted by Crippen LogP contribution is -2.42. The van der Waals surface area contributed by atoms with Crippen LogP contribution in [0.25, 0.3) is 0 Å². The van der Waals surface area contributed by atoms with Gasteiger partial charge in [-0.2, -0.15) is 4.31 Å². The van der Waals surface area contributed by atoms with Crippen LogP contribution in [0.3, 0.4) is 0 Å². The van der Waals surface area contributed by atoms with E-state index >= 15 is 0 Å². The van der Waals surface area contributed by atoms with Crippen LogP contribution in [0.15, 0.2) is 29.2 Å². The van der Waals surface area contributed by atoms with Gasteiger partial charge in [0.1, 0.15) is 0 Å². The highest BCUT2D eigenvalue weighted by Crippen LogP contribution is 2.26. The summed E-state index contributed by atoms with van der Waals surface area (Å²) < 4.78 is 26.8. The van der Waals surface area contributed by atoms with Crippen LogP contribution in [0.4, 0.5) is 0 Å². The fraction of sp³-hybridized carbons (Fsp3) is 0.533. The van der Waals surface area contributed by atoms with Crippen molar-refractivity contribution in [3.63, 3.8) is 0 Å². The predicted molar refractivity (Wildman–Crippen MR) is 81.4 cm³/mol. The second-order valence-corrected chi connectivity index (χ2v) is 7.58. The molecule has 1 aliphatic heterocycles. The molecule has 1 amide bonds. The first-order valence-corrected chi connectivity index (χ1v) is 8.55. The summed E-state index contributed by atoms with van der Waals surface area (Å²) in [6.07, 6.45) is 1.17. The average molecular weight is 310 g/mol. The molecule has 0 N–H and O–H groups in total. The van der Waals surface area contributed by atoms with Crippen LogP contribution in [-0.2, 0) is 14.8 Å². The molecular weight excluding hydrogens is 288 g/mol. The zero-order valence-corrected chi connectivity index (χ0v) is 13.6. The van der Waals surface area contributed by atoms with Crippen LogP contribution < -0.4 is 0 Å². The number of amides is 1. The molecule has 0 saturated carbocycles. The molecule has 1 heterocycles. The second-order valence-electron chi connectivity index (χ2n) is 5.68. The largest absolute Gasteiger partial charge is 0.349 e. The minimum absolute atomic E-state index is 0.0664. The lowest BCUT2D eigenvalue weighted by molar-refractivity contribution is -0.134. The number of carbonyl (C=O) groups is 1. The number of hydrogen-bond donors (Lipinski definition) is 0. The molecule has 6 heteroatoms. The first kappa shape index (κ1) is 16.0. The number of carbonyl (C=O) groups excluding carboxylic acids is 1. The zero-order chi connectivity index (χ0) is 15.6. The summed E-state index contributed by atoms with van der Waals surface area (Å²) in [5.74, 6) is 0.0197. The van der Waals surface area contributed by atoms with Crippen LogP contribution >= 0.6 is 0 Å². The molecule has 116 valence electrons. The van der Waals surface area contributed by atoms with E-state index in [1.54, 1.807) is 44.1 Å². The molecule has 0 radical (unpaired) electrons.